The average molecular weight is 225 g/mol. The Labute approximate surface area is 96.3 Å². The molecule has 0 aliphatic carbocycles. The van der Waals surface area contributed by atoms with E-state index in [4.69, 9.17) is 0 Å². The lowest BCUT2D eigenvalue weighted by Gasteiger charge is -2.11. The first kappa shape index (κ1) is 14.4. The van der Waals surface area contributed by atoms with Crippen LogP contribution >= 0.6 is 0 Å². The van der Waals surface area contributed by atoms with Gasteiger partial charge in [-0.25, -0.2) is 0 Å². The number of hydrogen-bond acceptors (Lipinski definition) is 3. The van der Waals surface area contributed by atoms with Crippen LogP contribution in [0, 0.1) is 10.1 Å². The van der Waals surface area contributed by atoms with E-state index in [0.717, 1.165) is 11.1 Å². The zero-order chi connectivity index (χ0) is 12.6. The van der Waals surface area contributed by atoms with Crippen LogP contribution in [0.1, 0.15) is 44.7 Å². The van der Waals surface area contributed by atoms with Crippen molar-refractivity contribution in [2.24, 2.45) is 0 Å². The van der Waals surface area contributed by atoms with Crippen LogP contribution in [0.25, 0.3) is 0 Å². The van der Waals surface area contributed by atoms with E-state index in [0.29, 0.717) is 5.92 Å². The standard InChI is InChI=1S/C10H13NO3.C2H6/c1-8(2)10-6-4-3-5-9(10)7-14-11(12)13;1-2/h3-6,8H,7H2,1-2H3;1-2H3. The summed E-state index contributed by atoms with van der Waals surface area (Å²) in [7, 11) is 0. The molecule has 0 amide bonds. The molecule has 4 nitrogen and oxygen atoms in total. The van der Waals surface area contributed by atoms with Crippen molar-refractivity contribution in [3.63, 3.8) is 0 Å². The summed E-state index contributed by atoms with van der Waals surface area (Å²) in [6.45, 7) is 8.12. The van der Waals surface area contributed by atoms with E-state index >= 15 is 0 Å². The van der Waals surface area contributed by atoms with Crippen molar-refractivity contribution in [1.82, 2.24) is 0 Å². The molecule has 0 fully saturated rings. The number of benzene rings is 1. The molecule has 0 spiro atoms. The monoisotopic (exact) mass is 225 g/mol. The van der Waals surface area contributed by atoms with Crippen LogP contribution in [0.3, 0.4) is 0 Å². The molecule has 90 valence electrons. The molecule has 0 radical (unpaired) electrons. The van der Waals surface area contributed by atoms with Crippen LogP contribution in [0.15, 0.2) is 24.3 Å². The first-order valence-electron chi connectivity index (χ1n) is 5.46. The van der Waals surface area contributed by atoms with Gasteiger partial charge in [-0.05, 0) is 17.0 Å². The average Bonchev–Trinajstić information content (AvgIpc) is 2.29. The number of nitrogens with zero attached hydrogens (tertiary/aromatic N) is 1. The zero-order valence-electron chi connectivity index (χ0n) is 10.3. The second-order valence-electron chi connectivity index (χ2n) is 3.35. The fraction of sp³-hybridized carbons (Fsp3) is 0.500. The Bertz CT molecular complexity index is 324. The van der Waals surface area contributed by atoms with Crippen LogP contribution in [0.4, 0.5) is 0 Å². The van der Waals surface area contributed by atoms with Gasteiger partial charge in [0.15, 0.2) is 0 Å². The predicted molar refractivity (Wildman–Crippen MR) is 63.7 cm³/mol. The highest BCUT2D eigenvalue weighted by Gasteiger charge is 2.06. The molecule has 0 aromatic heterocycles. The maximum Gasteiger partial charge on any atom is 0.294 e. The van der Waals surface area contributed by atoms with Crippen molar-refractivity contribution < 1.29 is 9.92 Å². The molecular formula is C12H19NO3. The van der Waals surface area contributed by atoms with Crippen LogP contribution in [-0.4, -0.2) is 5.09 Å². The van der Waals surface area contributed by atoms with Gasteiger partial charge in [0, 0.05) is 0 Å². The van der Waals surface area contributed by atoms with Gasteiger partial charge in [0.1, 0.15) is 6.61 Å². The van der Waals surface area contributed by atoms with Gasteiger partial charge >= 0.3 is 0 Å². The first-order valence-corrected chi connectivity index (χ1v) is 5.46. The maximum atomic E-state index is 10.0. The maximum absolute atomic E-state index is 10.0. The van der Waals surface area contributed by atoms with Gasteiger partial charge in [0.25, 0.3) is 5.09 Å². The lowest BCUT2D eigenvalue weighted by atomic mass is 9.98. The molecule has 0 atom stereocenters. The van der Waals surface area contributed by atoms with Gasteiger partial charge in [-0.15, -0.1) is 10.1 Å². The third kappa shape index (κ3) is 4.77. The number of hydrogen-bond donors (Lipinski definition) is 0. The molecule has 0 heterocycles. The van der Waals surface area contributed by atoms with E-state index in [9.17, 15) is 10.1 Å². The van der Waals surface area contributed by atoms with E-state index in [2.05, 4.69) is 4.84 Å². The molecule has 1 aromatic carbocycles. The molecular weight excluding hydrogens is 206 g/mol. The summed E-state index contributed by atoms with van der Waals surface area (Å²) < 4.78 is 0. The summed E-state index contributed by atoms with van der Waals surface area (Å²) in [5.41, 5.74) is 1.97. The van der Waals surface area contributed by atoms with Crippen LogP contribution in [-0.2, 0) is 11.4 Å². The van der Waals surface area contributed by atoms with Crippen molar-refractivity contribution in [2.75, 3.05) is 0 Å². The molecule has 0 bridgehead atoms. The molecule has 16 heavy (non-hydrogen) atoms. The minimum absolute atomic E-state index is 0.0291. The Morgan fingerprint density at radius 1 is 1.31 bits per heavy atom. The zero-order valence-corrected chi connectivity index (χ0v) is 10.3. The largest absolute Gasteiger partial charge is 0.309 e. The number of rotatable bonds is 4. The summed E-state index contributed by atoms with van der Waals surface area (Å²) in [5.74, 6) is 0.349. The summed E-state index contributed by atoms with van der Waals surface area (Å²) in [4.78, 5) is 14.4. The highest BCUT2D eigenvalue weighted by Crippen LogP contribution is 2.19. The Hall–Kier alpha value is -1.58. The van der Waals surface area contributed by atoms with Gasteiger partial charge < -0.3 is 4.84 Å². The molecule has 1 aromatic rings. The van der Waals surface area contributed by atoms with Gasteiger partial charge in [-0.2, -0.15) is 0 Å². The quantitative estimate of drug-likeness (QED) is 0.581. The minimum Gasteiger partial charge on any atom is -0.309 e. The third-order valence-electron chi connectivity index (χ3n) is 2.00. The van der Waals surface area contributed by atoms with Gasteiger partial charge in [0.05, 0.1) is 0 Å². The minimum atomic E-state index is -0.767. The summed E-state index contributed by atoms with van der Waals surface area (Å²) in [6, 6.07) is 7.58. The highest BCUT2D eigenvalue weighted by atomic mass is 16.9. The topological polar surface area (TPSA) is 52.4 Å². The second-order valence-corrected chi connectivity index (χ2v) is 3.35. The summed E-state index contributed by atoms with van der Waals surface area (Å²) >= 11 is 0. The second kappa shape index (κ2) is 7.68. The summed E-state index contributed by atoms with van der Waals surface area (Å²) in [5, 5.41) is 9.27. The van der Waals surface area contributed by atoms with Gasteiger partial charge in [-0.3, -0.25) is 0 Å². The molecule has 0 unspecified atom stereocenters. The predicted octanol–water partition coefficient (Wildman–Crippen LogP) is 3.54. The van der Waals surface area contributed by atoms with E-state index in [1.54, 1.807) is 0 Å². The van der Waals surface area contributed by atoms with Crippen molar-refractivity contribution in [1.29, 1.82) is 0 Å². The smallest absolute Gasteiger partial charge is 0.294 e. The Kier molecular flexibility index (Phi) is 6.92. The summed E-state index contributed by atoms with van der Waals surface area (Å²) in [6.07, 6.45) is 0. The molecule has 0 N–H and O–H groups in total. The van der Waals surface area contributed by atoms with E-state index in [1.165, 1.54) is 0 Å². The molecule has 0 aliphatic heterocycles. The normalized spacial score (nSPS) is 9.31. The van der Waals surface area contributed by atoms with Crippen LogP contribution < -0.4 is 0 Å². The van der Waals surface area contributed by atoms with Crippen LogP contribution in [0.2, 0.25) is 0 Å². The molecule has 4 heteroatoms. The van der Waals surface area contributed by atoms with E-state index < -0.39 is 5.09 Å². The van der Waals surface area contributed by atoms with Gasteiger partial charge in [-0.1, -0.05) is 52.0 Å². The fourth-order valence-corrected chi connectivity index (χ4v) is 1.35. The van der Waals surface area contributed by atoms with Crippen molar-refractivity contribution in [3.8, 4) is 0 Å². The van der Waals surface area contributed by atoms with E-state index in [1.807, 2.05) is 52.0 Å². The van der Waals surface area contributed by atoms with Crippen molar-refractivity contribution >= 4 is 0 Å². The fourth-order valence-electron chi connectivity index (χ4n) is 1.35. The Morgan fingerprint density at radius 2 is 1.88 bits per heavy atom. The Morgan fingerprint density at radius 3 is 2.38 bits per heavy atom. The lowest BCUT2D eigenvalue weighted by molar-refractivity contribution is -0.763. The van der Waals surface area contributed by atoms with Gasteiger partial charge in [0.2, 0.25) is 0 Å². The molecule has 1 rings (SSSR count). The molecule has 0 aliphatic rings. The third-order valence-corrected chi connectivity index (χ3v) is 2.00. The Balaban J connectivity index is 0.00000106. The van der Waals surface area contributed by atoms with Crippen LogP contribution in [0.5, 0.6) is 0 Å². The van der Waals surface area contributed by atoms with Crippen molar-refractivity contribution in [3.05, 3.63) is 45.5 Å². The first-order chi connectivity index (χ1) is 7.61. The molecule has 0 saturated heterocycles. The molecule has 0 saturated carbocycles. The lowest BCUT2D eigenvalue weighted by Crippen LogP contribution is -2.03. The SMILES string of the molecule is CC.CC(C)c1ccccc1CO[N+](=O)[O-]. The highest BCUT2D eigenvalue weighted by molar-refractivity contribution is 5.28. The van der Waals surface area contributed by atoms with Crippen molar-refractivity contribution in [2.45, 2.75) is 40.2 Å². The van der Waals surface area contributed by atoms with E-state index in [-0.39, 0.29) is 6.61 Å².